The molecular formula is C23H23N5O4S. The monoisotopic (exact) mass is 465 g/mol. The Morgan fingerprint density at radius 1 is 0.909 bits per heavy atom. The largest absolute Gasteiger partial charge is 0.457 e. The maximum atomic E-state index is 12.1. The SMILES string of the molecule is N=C(N)c1csc(CNC(=O)CNC(=O)CC(=O)Nc2ccc(Oc3ccccc3)cc2)c1. The number of amides is 3. The molecule has 0 bridgehead atoms. The summed E-state index contributed by atoms with van der Waals surface area (Å²) in [6.45, 7) is 0.0136. The molecule has 0 unspecified atom stereocenters. The smallest absolute Gasteiger partial charge is 0.239 e. The predicted molar refractivity (Wildman–Crippen MR) is 126 cm³/mol. The number of rotatable bonds is 10. The van der Waals surface area contributed by atoms with E-state index in [4.69, 9.17) is 15.9 Å². The first-order valence-corrected chi connectivity index (χ1v) is 10.8. The van der Waals surface area contributed by atoms with E-state index in [0.29, 0.717) is 22.7 Å². The Labute approximate surface area is 194 Å². The molecule has 0 spiro atoms. The second-order valence-corrected chi connectivity index (χ2v) is 7.93. The molecule has 3 aromatic rings. The summed E-state index contributed by atoms with van der Waals surface area (Å²) in [6.07, 6.45) is -0.414. The summed E-state index contributed by atoms with van der Waals surface area (Å²) in [7, 11) is 0. The minimum absolute atomic E-state index is 0.0363. The Bertz CT molecular complexity index is 1130. The first-order valence-electron chi connectivity index (χ1n) is 9.97. The van der Waals surface area contributed by atoms with Gasteiger partial charge in [0.05, 0.1) is 13.1 Å². The third kappa shape index (κ3) is 7.78. The molecule has 0 saturated heterocycles. The lowest BCUT2D eigenvalue weighted by molar-refractivity contribution is -0.129. The zero-order valence-corrected chi connectivity index (χ0v) is 18.4. The summed E-state index contributed by atoms with van der Waals surface area (Å²) in [5.74, 6) is -0.183. The maximum Gasteiger partial charge on any atom is 0.239 e. The molecule has 0 aliphatic heterocycles. The first-order chi connectivity index (χ1) is 15.9. The predicted octanol–water partition coefficient (Wildman–Crippen LogP) is 2.59. The molecule has 9 nitrogen and oxygen atoms in total. The van der Waals surface area contributed by atoms with Gasteiger partial charge in [-0.25, -0.2) is 0 Å². The number of benzene rings is 2. The number of ether oxygens (including phenoxy) is 1. The fourth-order valence-electron chi connectivity index (χ4n) is 2.69. The van der Waals surface area contributed by atoms with Crippen LogP contribution in [-0.2, 0) is 20.9 Å². The average Bonchev–Trinajstić information content (AvgIpc) is 3.28. The van der Waals surface area contributed by atoms with Gasteiger partial charge in [-0.15, -0.1) is 11.3 Å². The molecule has 170 valence electrons. The van der Waals surface area contributed by atoms with E-state index in [1.54, 1.807) is 35.7 Å². The van der Waals surface area contributed by atoms with Crippen molar-refractivity contribution in [1.82, 2.24) is 10.6 Å². The highest BCUT2D eigenvalue weighted by Crippen LogP contribution is 2.22. The van der Waals surface area contributed by atoms with Gasteiger partial charge in [-0.2, -0.15) is 0 Å². The molecule has 3 amide bonds. The number of para-hydroxylation sites is 1. The van der Waals surface area contributed by atoms with Crippen LogP contribution >= 0.6 is 11.3 Å². The maximum absolute atomic E-state index is 12.1. The number of hydrogen-bond acceptors (Lipinski definition) is 6. The molecule has 0 fully saturated rings. The molecule has 1 aromatic heterocycles. The van der Waals surface area contributed by atoms with E-state index in [1.165, 1.54) is 11.3 Å². The third-order valence-corrected chi connectivity index (χ3v) is 5.25. The first kappa shape index (κ1) is 23.5. The molecule has 0 aliphatic rings. The van der Waals surface area contributed by atoms with Crippen molar-refractivity contribution in [3.8, 4) is 11.5 Å². The van der Waals surface area contributed by atoms with Crippen molar-refractivity contribution in [1.29, 1.82) is 5.41 Å². The highest BCUT2D eigenvalue weighted by atomic mass is 32.1. The average molecular weight is 466 g/mol. The minimum Gasteiger partial charge on any atom is -0.457 e. The van der Waals surface area contributed by atoms with E-state index < -0.39 is 24.1 Å². The van der Waals surface area contributed by atoms with Gasteiger partial charge in [-0.3, -0.25) is 19.8 Å². The number of anilines is 1. The zero-order chi connectivity index (χ0) is 23.6. The Hall–Kier alpha value is -4.18. The Morgan fingerprint density at radius 2 is 1.61 bits per heavy atom. The number of nitrogens with two attached hydrogens (primary N) is 1. The van der Waals surface area contributed by atoms with Crippen LogP contribution in [0.4, 0.5) is 5.69 Å². The van der Waals surface area contributed by atoms with Gasteiger partial charge in [0, 0.05) is 21.5 Å². The molecule has 33 heavy (non-hydrogen) atoms. The summed E-state index contributed by atoms with van der Waals surface area (Å²) in [4.78, 5) is 36.8. The number of carbonyl (C=O) groups excluding carboxylic acids is 3. The number of nitrogen functional groups attached to an aromatic ring is 1. The van der Waals surface area contributed by atoms with Crippen molar-refractivity contribution < 1.29 is 19.1 Å². The van der Waals surface area contributed by atoms with E-state index in [-0.39, 0.29) is 18.9 Å². The number of nitrogens with one attached hydrogen (secondary N) is 4. The van der Waals surface area contributed by atoms with Crippen LogP contribution in [0.5, 0.6) is 11.5 Å². The van der Waals surface area contributed by atoms with Crippen molar-refractivity contribution in [2.24, 2.45) is 5.73 Å². The van der Waals surface area contributed by atoms with E-state index >= 15 is 0 Å². The quantitative estimate of drug-likeness (QED) is 0.177. The van der Waals surface area contributed by atoms with Crippen molar-refractivity contribution in [2.75, 3.05) is 11.9 Å². The highest BCUT2D eigenvalue weighted by Gasteiger charge is 2.12. The van der Waals surface area contributed by atoms with Crippen LogP contribution < -0.4 is 26.4 Å². The zero-order valence-electron chi connectivity index (χ0n) is 17.6. The molecule has 6 N–H and O–H groups in total. The summed E-state index contributed by atoms with van der Waals surface area (Å²) < 4.78 is 5.69. The van der Waals surface area contributed by atoms with Gasteiger partial charge in [0.2, 0.25) is 17.7 Å². The van der Waals surface area contributed by atoms with Crippen molar-refractivity contribution >= 4 is 40.6 Å². The van der Waals surface area contributed by atoms with E-state index in [9.17, 15) is 14.4 Å². The van der Waals surface area contributed by atoms with Gasteiger partial charge in [0.25, 0.3) is 0 Å². The van der Waals surface area contributed by atoms with Crippen LogP contribution in [0.2, 0.25) is 0 Å². The van der Waals surface area contributed by atoms with Gasteiger partial charge >= 0.3 is 0 Å². The van der Waals surface area contributed by atoms with Crippen LogP contribution in [0.15, 0.2) is 66.0 Å². The number of carbonyl (C=O) groups is 3. The second-order valence-electron chi connectivity index (χ2n) is 6.93. The van der Waals surface area contributed by atoms with Gasteiger partial charge < -0.3 is 26.4 Å². The highest BCUT2D eigenvalue weighted by molar-refractivity contribution is 7.10. The number of amidine groups is 1. The Morgan fingerprint density at radius 3 is 2.27 bits per heavy atom. The van der Waals surface area contributed by atoms with Crippen LogP contribution in [0, 0.1) is 5.41 Å². The lowest BCUT2D eigenvalue weighted by Crippen LogP contribution is -2.37. The molecule has 2 aromatic carbocycles. The lowest BCUT2D eigenvalue weighted by Gasteiger charge is -2.09. The lowest BCUT2D eigenvalue weighted by atomic mass is 10.2. The molecule has 0 atom stereocenters. The van der Waals surface area contributed by atoms with Crippen LogP contribution in [-0.4, -0.2) is 30.1 Å². The number of thiophene rings is 1. The van der Waals surface area contributed by atoms with E-state index in [0.717, 1.165) is 4.88 Å². The summed E-state index contributed by atoms with van der Waals surface area (Å²) in [5, 5.41) is 16.8. The van der Waals surface area contributed by atoms with Gasteiger partial charge in [-0.1, -0.05) is 18.2 Å². The third-order valence-electron chi connectivity index (χ3n) is 4.31. The Kier molecular flexibility index (Phi) is 8.14. The molecular weight excluding hydrogens is 442 g/mol. The topological polar surface area (TPSA) is 146 Å². The fourth-order valence-corrected chi connectivity index (χ4v) is 3.51. The van der Waals surface area contributed by atoms with E-state index in [2.05, 4.69) is 16.0 Å². The van der Waals surface area contributed by atoms with Crippen LogP contribution in [0.3, 0.4) is 0 Å². The summed E-state index contributed by atoms with van der Waals surface area (Å²) in [5.41, 5.74) is 6.52. The molecule has 0 radical (unpaired) electrons. The minimum atomic E-state index is -0.568. The van der Waals surface area contributed by atoms with Gasteiger partial charge in [0.1, 0.15) is 23.8 Å². The molecule has 10 heteroatoms. The van der Waals surface area contributed by atoms with Crippen LogP contribution in [0.25, 0.3) is 0 Å². The Balaban J connectivity index is 1.36. The van der Waals surface area contributed by atoms with E-state index in [1.807, 2.05) is 30.3 Å². The molecule has 1 heterocycles. The summed E-state index contributed by atoms with van der Waals surface area (Å²) in [6, 6.07) is 17.8. The standard InChI is InChI=1S/C23H23N5O4S/c24-23(25)15-10-19(33-14-15)12-26-22(31)13-27-20(29)11-21(30)28-16-6-8-18(9-7-16)32-17-4-2-1-3-5-17/h1-10,14H,11-13H2,(H3,24,25)(H,26,31)(H,27,29)(H,28,30). The summed E-state index contributed by atoms with van der Waals surface area (Å²) >= 11 is 1.37. The molecule has 0 aliphatic carbocycles. The van der Waals surface area contributed by atoms with Crippen molar-refractivity contribution in [3.05, 3.63) is 76.5 Å². The van der Waals surface area contributed by atoms with Crippen molar-refractivity contribution in [3.63, 3.8) is 0 Å². The normalized spacial score (nSPS) is 10.2. The van der Waals surface area contributed by atoms with Gasteiger partial charge in [0.15, 0.2) is 0 Å². The number of hydrogen-bond donors (Lipinski definition) is 5. The molecule has 0 saturated carbocycles. The fraction of sp³-hybridized carbons (Fsp3) is 0.130. The molecule has 3 rings (SSSR count). The van der Waals surface area contributed by atoms with Crippen molar-refractivity contribution in [2.45, 2.75) is 13.0 Å². The van der Waals surface area contributed by atoms with Gasteiger partial charge in [-0.05, 0) is 42.5 Å². The second kappa shape index (κ2) is 11.4. The van der Waals surface area contributed by atoms with Crippen LogP contribution in [0.1, 0.15) is 16.9 Å².